The molecule has 0 saturated carbocycles. The summed E-state index contributed by atoms with van der Waals surface area (Å²) in [6, 6.07) is 3.10. The number of carbonyl (C=O) groups excluding carboxylic acids is 3. The number of benzene rings is 1. The van der Waals surface area contributed by atoms with Crippen molar-refractivity contribution >= 4 is 17.5 Å². The largest absolute Gasteiger partial charge is 0.510 e. The number of carbonyl (C=O) groups is 3. The number of aromatic hydroxyl groups is 1. The van der Waals surface area contributed by atoms with Crippen molar-refractivity contribution in [1.82, 2.24) is 20.0 Å². The van der Waals surface area contributed by atoms with Crippen LogP contribution in [0, 0.1) is 11.8 Å². The highest BCUT2D eigenvalue weighted by atomic mass is 16.3. The Morgan fingerprint density at radius 2 is 1.71 bits per heavy atom. The predicted molar refractivity (Wildman–Crippen MR) is 148 cm³/mol. The second kappa shape index (κ2) is 10.7. The number of aliphatic hydroxyl groups excluding tert-OH is 3. The van der Waals surface area contributed by atoms with Gasteiger partial charge in [0.2, 0.25) is 5.78 Å². The van der Waals surface area contributed by atoms with Gasteiger partial charge in [0.05, 0.1) is 30.5 Å². The van der Waals surface area contributed by atoms with E-state index in [1.807, 2.05) is 4.90 Å². The molecule has 228 valence electrons. The topological polar surface area (TPSA) is 194 Å². The Labute approximate surface area is 243 Å². The lowest BCUT2D eigenvalue weighted by molar-refractivity contribution is -0.152. The molecule has 1 heterocycles. The Morgan fingerprint density at radius 3 is 2.33 bits per heavy atom. The summed E-state index contributed by atoms with van der Waals surface area (Å²) in [4.78, 5) is 46.5. The molecule has 1 saturated heterocycles. The highest BCUT2D eigenvalue weighted by Crippen LogP contribution is 2.56. The van der Waals surface area contributed by atoms with Crippen LogP contribution in [0.1, 0.15) is 29.3 Å². The third kappa shape index (κ3) is 4.43. The fourth-order valence-corrected chi connectivity index (χ4v) is 7.07. The van der Waals surface area contributed by atoms with Gasteiger partial charge in [-0.15, -0.1) is 0 Å². The lowest BCUT2D eigenvalue weighted by Crippen LogP contribution is -2.65. The molecular formula is C29H38N4O9. The molecule has 1 aromatic rings. The predicted octanol–water partition coefficient (Wildman–Crippen LogP) is -1.02. The number of nitrogens with one attached hydrogen (secondary N) is 1. The first-order valence-corrected chi connectivity index (χ1v) is 14.0. The van der Waals surface area contributed by atoms with Gasteiger partial charge in [0, 0.05) is 50.1 Å². The second-order valence-electron chi connectivity index (χ2n) is 11.9. The van der Waals surface area contributed by atoms with E-state index in [-0.39, 0.29) is 30.8 Å². The van der Waals surface area contributed by atoms with Crippen molar-refractivity contribution in [3.8, 4) is 5.75 Å². The number of fused-ring (bicyclic) bond motifs is 3. The van der Waals surface area contributed by atoms with E-state index >= 15 is 0 Å². The third-order valence-electron chi connectivity index (χ3n) is 9.35. The number of β-amino-alcohol motifs (C(OH)–C–C–N with tert-alkyl or cyclic N) is 1. The van der Waals surface area contributed by atoms with Crippen LogP contribution in [0.4, 0.5) is 0 Å². The molecule has 1 unspecified atom stereocenters. The molecule has 3 aliphatic carbocycles. The van der Waals surface area contributed by atoms with E-state index < -0.39 is 75.0 Å². The number of likely N-dealkylation sites (N-methyl/N-ethyl adjacent to an activating group) is 1. The molecule has 0 bridgehead atoms. The maximum atomic E-state index is 13.9. The average molecular weight is 587 g/mol. The smallest absolute Gasteiger partial charge is 0.259 e. The lowest BCUT2D eigenvalue weighted by Gasteiger charge is -2.52. The molecule has 1 amide bonds. The van der Waals surface area contributed by atoms with Crippen molar-refractivity contribution in [3.05, 3.63) is 52.0 Å². The van der Waals surface area contributed by atoms with Gasteiger partial charge in [-0.3, -0.25) is 29.1 Å². The molecule has 13 nitrogen and oxygen atoms in total. The summed E-state index contributed by atoms with van der Waals surface area (Å²) in [6.45, 7) is 4.60. The number of piperazine rings is 1. The van der Waals surface area contributed by atoms with Crippen molar-refractivity contribution in [2.45, 2.75) is 30.6 Å². The SMILES string of the molecule is CN(C)[C@@H]1C(O)=C(C(=O)NCN2CCN(CCO)CC2)C(=O)[C@@]2(O)C(O)=C3C(=O)c4c(O)cccc4[C@@](C)(O)C3C[C@@H]12. The number of rotatable bonds is 6. The van der Waals surface area contributed by atoms with Crippen LogP contribution in [-0.2, 0) is 15.2 Å². The number of hydrogen-bond donors (Lipinski definition) is 7. The molecule has 42 heavy (non-hydrogen) atoms. The van der Waals surface area contributed by atoms with Crippen LogP contribution >= 0.6 is 0 Å². The van der Waals surface area contributed by atoms with E-state index in [9.17, 15) is 39.9 Å². The molecule has 5 atom stereocenters. The van der Waals surface area contributed by atoms with Crippen LogP contribution in [0.25, 0.3) is 0 Å². The van der Waals surface area contributed by atoms with Gasteiger partial charge in [-0.2, -0.15) is 0 Å². The molecule has 5 rings (SSSR count). The van der Waals surface area contributed by atoms with E-state index in [0.29, 0.717) is 32.7 Å². The summed E-state index contributed by atoms with van der Waals surface area (Å²) in [6.07, 6.45) is -0.199. The van der Waals surface area contributed by atoms with E-state index in [4.69, 9.17) is 5.11 Å². The number of Topliss-reactive ketones (excluding diaryl/α,β-unsaturated/α-hetero) is 2. The molecule has 13 heteroatoms. The van der Waals surface area contributed by atoms with Gasteiger partial charge in [-0.1, -0.05) is 12.1 Å². The Hall–Kier alpha value is -3.33. The number of nitrogens with zero attached hydrogens (tertiary/aromatic N) is 3. The standard InChI is InChI=1S/C29H38N4O9/c1-28(41)15-5-4-6-18(35)19(15)23(36)20-16(28)13-17-22(31(2)3)24(37)21(26(39)29(17,42)25(20)38)27(40)30-14-33-9-7-32(8-10-33)11-12-34/h4-6,16-17,22,34-35,37-38,41-42H,7-14H2,1-3H3,(H,30,40)/t16?,17-,22-,28+,29-/m0/s1. The maximum absolute atomic E-state index is 13.9. The Morgan fingerprint density at radius 1 is 1.07 bits per heavy atom. The second-order valence-corrected chi connectivity index (χ2v) is 11.9. The average Bonchev–Trinajstić information content (AvgIpc) is 2.93. The first-order valence-electron chi connectivity index (χ1n) is 14.0. The number of phenolic OH excluding ortho intramolecular Hbond substituents is 1. The molecule has 1 aromatic carbocycles. The van der Waals surface area contributed by atoms with E-state index in [1.165, 1.54) is 30.0 Å². The number of ketones is 2. The minimum atomic E-state index is -2.76. The first-order chi connectivity index (χ1) is 19.8. The van der Waals surface area contributed by atoms with Crippen molar-refractivity contribution in [2.24, 2.45) is 11.8 Å². The van der Waals surface area contributed by atoms with E-state index in [2.05, 4.69) is 10.2 Å². The Balaban J connectivity index is 1.51. The number of aliphatic hydroxyl groups is 5. The van der Waals surface area contributed by atoms with Crippen LogP contribution < -0.4 is 5.32 Å². The third-order valence-corrected chi connectivity index (χ3v) is 9.35. The molecule has 0 radical (unpaired) electrons. The summed E-state index contributed by atoms with van der Waals surface area (Å²) >= 11 is 0. The molecule has 0 spiro atoms. The van der Waals surface area contributed by atoms with Crippen LogP contribution in [0.15, 0.2) is 40.9 Å². The zero-order chi connectivity index (χ0) is 30.7. The first kappa shape index (κ1) is 30.1. The zero-order valence-electron chi connectivity index (χ0n) is 23.9. The minimum absolute atomic E-state index is 0.0454. The van der Waals surface area contributed by atoms with Gasteiger partial charge in [-0.05, 0) is 39.1 Å². The Bertz CT molecular complexity index is 1380. The van der Waals surface area contributed by atoms with Gasteiger partial charge in [-0.25, -0.2) is 0 Å². The van der Waals surface area contributed by atoms with Crippen molar-refractivity contribution < 1.29 is 45.0 Å². The van der Waals surface area contributed by atoms with Crippen LogP contribution in [-0.4, -0.2) is 135 Å². The van der Waals surface area contributed by atoms with Gasteiger partial charge in [0.15, 0.2) is 11.4 Å². The lowest BCUT2D eigenvalue weighted by atomic mass is 9.55. The molecule has 7 N–H and O–H groups in total. The van der Waals surface area contributed by atoms with Crippen molar-refractivity contribution in [3.63, 3.8) is 0 Å². The summed E-state index contributed by atoms with van der Waals surface area (Å²) < 4.78 is 0. The Kier molecular flexibility index (Phi) is 7.71. The molecule has 1 aliphatic heterocycles. The summed E-state index contributed by atoms with van der Waals surface area (Å²) in [7, 11) is 3.15. The summed E-state index contributed by atoms with van der Waals surface area (Å²) in [5.41, 5.74) is -5.80. The quantitative estimate of drug-likeness (QED) is 0.201. The van der Waals surface area contributed by atoms with Gasteiger partial charge in [0.25, 0.3) is 5.91 Å². The fraction of sp³-hybridized carbons (Fsp3) is 0.552. The monoisotopic (exact) mass is 586 g/mol. The van der Waals surface area contributed by atoms with Gasteiger partial charge < -0.3 is 36.0 Å². The zero-order valence-corrected chi connectivity index (χ0v) is 23.9. The minimum Gasteiger partial charge on any atom is -0.510 e. The molecule has 1 fully saturated rings. The maximum Gasteiger partial charge on any atom is 0.259 e. The highest BCUT2D eigenvalue weighted by molar-refractivity contribution is 6.25. The number of hydrogen-bond acceptors (Lipinski definition) is 12. The number of phenols is 1. The van der Waals surface area contributed by atoms with Crippen molar-refractivity contribution in [1.29, 1.82) is 0 Å². The molecular weight excluding hydrogens is 548 g/mol. The van der Waals surface area contributed by atoms with Crippen molar-refractivity contribution in [2.75, 3.05) is 60.1 Å². The van der Waals surface area contributed by atoms with Crippen LogP contribution in [0.5, 0.6) is 5.75 Å². The fourth-order valence-electron chi connectivity index (χ4n) is 7.07. The molecule has 4 aliphatic rings. The van der Waals surface area contributed by atoms with Gasteiger partial charge in [0.1, 0.15) is 22.8 Å². The van der Waals surface area contributed by atoms with Gasteiger partial charge >= 0.3 is 0 Å². The number of amides is 1. The summed E-state index contributed by atoms with van der Waals surface area (Å²) in [5, 5.41) is 68.7. The summed E-state index contributed by atoms with van der Waals surface area (Å²) in [5.74, 6) is -7.38. The molecule has 0 aromatic heterocycles. The van der Waals surface area contributed by atoms with E-state index in [0.717, 1.165) is 0 Å². The van der Waals surface area contributed by atoms with Crippen LogP contribution in [0.2, 0.25) is 0 Å². The highest BCUT2D eigenvalue weighted by Gasteiger charge is 2.65. The van der Waals surface area contributed by atoms with Crippen LogP contribution in [0.3, 0.4) is 0 Å². The van der Waals surface area contributed by atoms with E-state index in [1.54, 1.807) is 14.1 Å². The normalized spacial score (nSPS) is 32.1.